The van der Waals surface area contributed by atoms with Crippen LogP contribution in [0.4, 0.5) is 0 Å². The van der Waals surface area contributed by atoms with Gasteiger partial charge in [0.2, 0.25) is 0 Å². The lowest BCUT2D eigenvalue weighted by molar-refractivity contribution is 0.215. The summed E-state index contributed by atoms with van der Waals surface area (Å²) in [6.07, 6.45) is 4.97. The number of benzene rings is 1. The van der Waals surface area contributed by atoms with E-state index in [1.165, 1.54) is 18.4 Å². The van der Waals surface area contributed by atoms with E-state index in [2.05, 4.69) is 39.0 Å². The van der Waals surface area contributed by atoms with Gasteiger partial charge in [-0.25, -0.2) is 0 Å². The molecular weight excluding hydrogens is 184 g/mol. The highest BCUT2D eigenvalue weighted by Crippen LogP contribution is 2.21. The highest BCUT2D eigenvalue weighted by molar-refractivity contribution is 5.33. The van der Waals surface area contributed by atoms with Crippen molar-refractivity contribution < 1.29 is 4.74 Å². The van der Waals surface area contributed by atoms with Gasteiger partial charge in [-0.2, -0.15) is 0 Å². The highest BCUT2D eigenvalue weighted by Gasteiger charge is 2.05. The van der Waals surface area contributed by atoms with Gasteiger partial charge >= 0.3 is 0 Å². The van der Waals surface area contributed by atoms with E-state index >= 15 is 0 Å². The first-order chi connectivity index (χ1) is 7.27. The van der Waals surface area contributed by atoms with E-state index < -0.39 is 0 Å². The van der Waals surface area contributed by atoms with Crippen molar-refractivity contribution in [3.05, 3.63) is 29.8 Å². The van der Waals surface area contributed by atoms with E-state index in [-0.39, 0.29) is 0 Å². The van der Waals surface area contributed by atoms with E-state index in [9.17, 15) is 0 Å². The molecule has 0 radical (unpaired) electrons. The molecule has 84 valence electrons. The number of ether oxygens (including phenoxy) is 1. The standard InChI is InChI=1S/C14H22O/c1-4-6-9-13-10-7-8-11-14(13)15-12(3)5-2/h7-8,10-12H,4-6,9H2,1-3H3/t12-/m0/s1. The second-order valence-corrected chi connectivity index (χ2v) is 4.05. The van der Waals surface area contributed by atoms with Crippen molar-refractivity contribution in [1.82, 2.24) is 0 Å². The third kappa shape index (κ3) is 3.94. The zero-order valence-electron chi connectivity index (χ0n) is 10.1. The molecule has 1 nitrogen and oxygen atoms in total. The Morgan fingerprint density at radius 2 is 1.93 bits per heavy atom. The molecule has 0 amide bonds. The van der Waals surface area contributed by atoms with Gasteiger partial charge in [0.05, 0.1) is 6.10 Å². The zero-order valence-corrected chi connectivity index (χ0v) is 10.1. The highest BCUT2D eigenvalue weighted by atomic mass is 16.5. The average molecular weight is 206 g/mol. The first-order valence-corrected chi connectivity index (χ1v) is 6.02. The van der Waals surface area contributed by atoms with Crippen molar-refractivity contribution in [2.45, 2.75) is 52.6 Å². The molecule has 0 aliphatic heterocycles. The van der Waals surface area contributed by atoms with Crippen LogP contribution in [0.5, 0.6) is 5.75 Å². The first-order valence-electron chi connectivity index (χ1n) is 6.02. The van der Waals surface area contributed by atoms with Gasteiger partial charge < -0.3 is 4.74 Å². The van der Waals surface area contributed by atoms with Crippen molar-refractivity contribution in [2.24, 2.45) is 0 Å². The lowest BCUT2D eigenvalue weighted by Gasteiger charge is -2.15. The quantitative estimate of drug-likeness (QED) is 0.677. The summed E-state index contributed by atoms with van der Waals surface area (Å²) in [6, 6.07) is 8.39. The molecule has 0 N–H and O–H groups in total. The predicted octanol–water partition coefficient (Wildman–Crippen LogP) is 4.21. The summed E-state index contributed by atoms with van der Waals surface area (Å²) in [5.41, 5.74) is 1.35. The van der Waals surface area contributed by atoms with Crippen LogP contribution >= 0.6 is 0 Å². The van der Waals surface area contributed by atoms with Crippen LogP contribution in [0.1, 0.15) is 45.6 Å². The van der Waals surface area contributed by atoms with Crippen molar-refractivity contribution >= 4 is 0 Å². The summed E-state index contributed by atoms with van der Waals surface area (Å²) in [5, 5.41) is 0. The van der Waals surface area contributed by atoms with Crippen molar-refractivity contribution in [2.75, 3.05) is 0 Å². The molecule has 15 heavy (non-hydrogen) atoms. The largest absolute Gasteiger partial charge is 0.490 e. The molecule has 1 rings (SSSR count). The molecule has 1 aromatic rings. The number of hydrogen-bond acceptors (Lipinski definition) is 1. The molecule has 0 unspecified atom stereocenters. The van der Waals surface area contributed by atoms with Gasteiger partial charge in [-0.05, 0) is 37.8 Å². The Labute approximate surface area is 93.5 Å². The molecule has 1 aromatic carbocycles. The molecule has 1 atom stereocenters. The van der Waals surface area contributed by atoms with Gasteiger partial charge in [0.15, 0.2) is 0 Å². The summed E-state index contributed by atoms with van der Waals surface area (Å²) >= 11 is 0. The number of rotatable bonds is 6. The fourth-order valence-electron chi connectivity index (χ4n) is 1.49. The Morgan fingerprint density at radius 3 is 2.60 bits per heavy atom. The van der Waals surface area contributed by atoms with Gasteiger partial charge in [-0.1, -0.05) is 38.5 Å². The van der Waals surface area contributed by atoms with Crippen LogP contribution in [0.15, 0.2) is 24.3 Å². The second kappa shape index (κ2) is 6.49. The minimum absolute atomic E-state index is 0.313. The SMILES string of the molecule is CCCCc1ccccc1O[C@@H](C)CC. The van der Waals surface area contributed by atoms with Crippen LogP contribution in [0.3, 0.4) is 0 Å². The molecular formula is C14H22O. The van der Waals surface area contributed by atoms with E-state index in [1.54, 1.807) is 0 Å². The van der Waals surface area contributed by atoms with E-state index in [0.29, 0.717) is 6.10 Å². The Morgan fingerprint density at radius 1 is 1.20 bits per heavy atom. The van der Waals surface area contributed by atoms with Gasteiger partial charge in [0.25, 0.3) is 0 Å². The third-order valence-corrected chi connectivity index (χ3v) is 2.68. The Balaban J connectivity index is 2.67. The average Bonchev–Trinajstić information content (AvgIpc) is 2.28. The van der Waals surface area contributed by atoms with Crippen LogP contribution in [0.2, 0.25) is 0 Å². The molecule has 0 saturated carbocycles. The summed E-state index contributed by atoms with van der Waals surface area (Å²) in [5.74, 6) is 1.07. The fraction of sp³-hybridized carbons (Fsp3) is 0.571. The maximum atomic E-state index is 5.89. The van der Waals surface area contributed by atoms with E-state index in [4.69, 9.17) is 4.74 Å². The van der Waals surface area contributed by atoms with Gasteiger partial charge in [-0.15, -0.1) is 0 Å². The normalized spacial score (nSPS) is 12.5. The molecule has 1 heteroatoms. The molecule has 0 saturated heterocycles. The predicted molar refractivity (Wildman–Crippen MR) is 65.4 cm³/mol. The molecule has 0 heterocycles. The Bertz CT molecular complexity index is 280. The molecule has 0 spiro atoms. The van der Waals surface area contributed by atoms with Crippen LogP contribution in [-0.4, -0.2) is 6.10 Å². The van der Waals surface area contributed by atoms with Crippen molar-refractivity contribution in [3.63, 3.8) is 0 Å². The minimum Gasteiger partial charge on any atom is -0.490 e. The summed E-state index contributed by atoms with van der Waals surface area (Å²) < 4.78 is 5.89. The second-order valence-electron chi connectivity index (χ2n) is 4.05. The van der Waals surface area contributed by atoms with Gasteiger partial charge in [-0.3, -0.25) is 0 Å². The van der Waals surface area contributed by atoms with Crippen LogP contribution in [0.25, 0.3) is 0 Å². The molecule has 0 aliphatic carbocycles. The lowest BCUT2D eigenvalue weighted by Crippen LogP contribution is -2.11. The Kier molecular flexibility index (Phi) is 5.23. The fourth-order valence-corrected chi connectivity index (χ4v) is 1.49. The number of aryl methyl sites for hydroxylation is 1. The summed E-state index contributed by atoms with van der Waals surface area (Å²) in [7, 11) is 0. The summed E-state index contributed by atoms with van der Waals surface area (Å²) in [4.78, 5) is 0. The lowest BCUT2D eigenvalue weighted by atomic mass is 10.1. The smallest absolute Gasteiger partial charge is 0.122 e. The van der Waals surface area contributed by atoms with Crippen molar-refractivity contribution in [3.8, 4) is 5.75 Å². The Hall–Kier alpha value is -0.980. The molecule has 0 aromatic heterocycles. The number of hydrogen-bond donors (Lipinski definition) is 0. The monoisotopic (exact) mass is 206 g/mol. The maximum Gasteiger partial charge on any atom is 0.122 e. The topological polar surface area (TPSA) is 9.23 Å². The number of para-hydroxylation sites is 1. The number of unbranched alkanes of at least 4 members (excludes halogenated alkanes) is 1. The first kappa shape index (κ1) is 12.1. The maximum absolute atomic E-state index is 5.89. The van der Waals surface area contributed by atoms with Crippen molar-refractivity contribution in [1.29, 1.82) is 0 Å². The zero-order chi connectivity index (χ0) is 11.1. The van der Waals surface area contributed by atoms with E-state index in [1.807, 2.05) is 6.07 Å². The van der Waals surface area contributed by atoms with Crippen LogP contribution < -0.4 is 4.74 Å². The van der Waals surface area contributed by atoms with E-state index in [0.717, 1.165) is 18.6 Å². The van der Waals surface area contributed by atoms with Crippen LogP contribution in [0, 0.1) is 0 Å². The summed E-state index contributed by atoms with van der Waals surface area (Å²) in [6.45, 7) is 6.49. The third-order valence-electron chi connectivity index (χ3n) is 2.68. The molecule has 0 fully saturated rings. The van der Waals surface area contributed by atoms with Crippen LogP contribution in [-0.2, 0) is 6.42 Å². The minimum atomic E-state index is 0.313. The molecule has 0 aliphatic rings. The van der Waals surface area contributed by atoms with Gasteiger partial charge in [0, 0.05) is 0 Å². The molecule has 0 bridgehead atoms. The van der Waals surface area contributed by atoms with Gasteiger partial charge in [0.1, 0.15) is 5.75 Å².